The maximum absolute atomic E-state index is 13.7. The summed E-state index contributed by atoms with van der Waals surface area (Å²) in [4.78, 5) is 0.0418. The molecule has 0 aliphatic carbocycles. The van der Waals surface area contributed by atoms with Gasteiger partial charge in [0.25, 0.3) is 10.0 Å². The van der Waals surface area contributed by atoms with Crippen molar-refractivity contribution in [2.24, 2.45) is 0 Å². The highest BCUT2D eigenvalue weighted by atomic mass is 35.5. The normalized spacial score (nSPS) is 11.4. The molecular weight excluding hydrogens is 336 g/mol. The number of rotatable bonds is 5. The Morgan fingerprint density at radius 3 is 2.38 bits per heavy atom. The van der Waals surface area contributed by atoms with E-state index in [1.54, 1.807) is 12.1 Å². The third-order valence-corrected chi connectivity index (χ3v) is 4.68. The lowest BCUT2D eigenvalue weighted by atomic mass is 10.2. The van der Waals surface area contributed by atoms with Crippen LogP contribution in [0.3, 0.4) is 0 Å². The molecule has 2 aromatic carbocycles. The third-order valence-electron chi connectivity index (χ3n) is 2.81. The van der Waals surface area contributed by atoms with Crippen LogP contribution >= 0.6 is 23.2 Å². The number of hydrogen-bond donors (Lipinski definition) is 1. The molecule has 0 aliphatic rings. The topological polar surface area (TPSA) is 46.2 Å². The highest BCUT2D eigenvalue weighted by molar-refractivity contribution is 7.92. The predicted octanol–water partition coefficient (Wildman–Crippen LogP) is 4.06. The molecule has 21 heavy (non-hydrogen) atoms. The minimum Gasteiger partial charge on any atom is -0.277 e. The third kappa shape index (κ3) is 3.87. The molecule has 112 valence electrons. The highest BCUT2D eigenvalue weighted by Crippen LogP contribution is 2.24. The van der Waals surface area contributed by atoms with Crippen LogP contribution in [0.1, 0.15) is 5.56 Å². The molecular formula is C14H12Cl2FNO2S. The van der Waals surface area contributed by atoms with Crippen LogP contribution in [0.5, 0.6) is 0 Å². The van der Waals surface area contributed by atoms with Crippen LogP contribution in [0, 0.1) is 5.82 Å². The lowest BCUT2D eigenvalue weighted by Gasteiger charge is -2.10. The molecule has 0 saturated heterocycles. The highest BCUT2D eigenvalue weighted by Gasteiger charge is 2.17. The van der Waals surface area contributed by atoms with Crippen molar-refractivity contribution in [2.45, 2.75) is 11.3 Å². The van der Waals surface area contributed by atoms with Crippen LogP contribution in [-0.4, -0.2) is 14.3 Å². The number of anilines is 1. The van der Waals surface area contributed by atoms with Crippen LogP contribution in [0.4, 0.5) is 10.1 Å². The molecule has 0 aromatic heterocycles. The van der Waals surface area contributed by atoms with Gasteiger partial charge < -0.3 is 0 Å². The number of alkyl halides is 1. The molecule has 7 heteroatoms. The Labute approximate surface area is 132 Å². The molecule has 0 radical (unpaired) electrons. The monoisotopic (exact) mass is 347 g/mol. The van der Waals surface area contributed by atoms with Crippen LogP contribution in [0.2, 0.25) is 5.02 Å². The van der Waals surface area contributed by atoms with Gasteiger partial charge in [0.15, 0.2) is 5.82 Å². The number of sulfonamides is 1. The Bertz CT molecular complexity index is 733. The first-order valence-corrected chi connectivity index (χ1v) is 8.45. The summed E-state index contributed by atoms with van der Waals surface area (Å²) in [6.07, 6.45) is 0.651. The molecule has 0 spiro atoms. The second-order valence-corrected chi connectivity index (χ2v) is 6.76. The van der Waals surface area contributed by atoms with E-state index in [0.717, 1.165) is 5.56 Å². The summed E-state index contributed by atoms with van der Waals surface area (Å²) in [6, 6.07) is 10.4. The Morgan fingerprint density at radius 2 is 1.76 bits per heavy atom. The van der Waals surface area contributed by atoms with E-state index >= 15 is 0 Å². The van der Waals surface area contributed by atoms with Gasteiger partial charge in [-0.3, -0.25) is 4.72 Å². The second kappa shape index (κ2) is 6.64. The van der Waals surface area contributed by atoms with Crippen molar-refractivity contribution >= 4 is 38.9 Å². The first-order valence-electron chi connectivity index (χ1n) is 6.06. The fraction of sp³-hybridized carbons (Fsp3) is 0.143. The zero-order valence-corrected chi connectivity index (χ0v) is 13.1. The quantitative estimate of drug-likeness (QED) is 0.829. The van der Waals surface area contributed by atoms with Gasteiger partial charge in [0.05, 0.1) is 15.6 Å². The van der Waals surface area contributed by atoms with E-state index in [4.69, 9.17) is 23.2 Å². The largest absolute Gasteiger partial charge is 0.277 e. The fourth-order valence-electron chi connectivity index (χ4n) is 1.73. The lowest BCUT2D eigenvalue weighted by molar-refractivity contribution is 0.598. The van der Waals surface area contributed by atoms with Gasteiger partial charge in [0, 0.05) is 5.88 Å². The number of benzene rings is 2. The number of nitrogens with one attached hydrogen (secondary N) is 1. The SMILES string of the molecule is O=S(=O)(Nc1cccc(Cl)c1F)c1ccc(CCCl)cc1. The van der Waals surface area contributed by atoms with Crippen LogP contribution < -0.4 is 4.72 Å². The van der Waals surface area contributed by atoms with Crippen molar-refractivity contribution in [2.75, 3.05) is 10.6 Å². The van der Waals surface area contributed by atoms with Crippen molar-refractivity contribution in [3.8, 4) is 0 Å². The summed E-state index contributed by atoms with van der Waals surface area (Å²) < 4.78 is 40.3. The van der Waals surface area contributed by atoms with Crippen LogP contribution in [0.15, 0.2) is 47.4 Å². The van der Waals surface area contributed by atoms with Crippen molar-refractivity contribution in [3.63, 3.8) is 0 Å². The van der Waals surface area contributed by atoms with Gasteiger partial charge in [-0.25, -0.2) is 12.8 Å². The van der Waals surface area contributed by atoms with E-state index in [9.17, 15) is 12.8 Å². The van der Waals surface area contributed by atoms with E-state index in [1.807, 2.05) is 0 Å². The van der Waals surface area contributed by atoms with E-state index in [-0.39, 0.29) is 15.6 Å². The van der Waals surface area contributed by atoms with Crippen molar-refractivity contribution in [1.29, 1.82) is 0 Å². The molecule has 0 bridgehead atoms. The second-order valence-electron chi connectivity index (χ2n) is 4.29. The molecule has 0 aliphatic heterocycles. The molecule has 0 saturated carbocycles. The molecule has 1 N–H and O–H groups in total. The molecule has 0 unspecified atom stereocenters. The maximum atomic E-state index is 13.7. The van der Waals surface area contributed by atoms with E-state index in [1.165, 1.54) is 30.3 Å². The zero-order chi connectivity index (χ0) is 15.5. The van der Waals surface area contributed by atoms with Crippen LogP contribution in [-0.2, 0) is 16.4 Å². The molecule has 0 amide bonds. The molecule has 2 aromatic rings. The summed E-state index contributed by atoms with van der Waals surface area (Å²) in [5.74, 6) is -0.348. The van der Waals surface area contributed by atoms with Gasteiger partial charge in [-0.05, 0) is 36.2 Å². The molecule has 0 heterocycles. The number of hydrogen-bond acceptors (Lipinski definition) is 2. The molecule has 2 rings (SSSR count). The van der Waals surface area contributed by atoms with Crippen molar-refractivity contribution in [3.05, 3.63) is 58.9 Å². The summed E-state index contributed by atoms with van der Waals surface area (Å²) in [7, 11) is -3.87. The number of halogens is 3. The fourth-order valence-corrected chi connectivity index (χ4v) is 3.18. The Hall–Kier alpha value is -1.30. The minimum absolute atomic E-state index is 0.0418. The van der Waals surface area contributed by atoms with E-state index in [2.05, 4.69) is 4.72 Å². The summed E-state index contributed by atoms with van der Waals surface area (Å²) in [5, 5.41) is -0.146. The van der Waals surface area contributed by atoms with E-state index in [0.29, 0.717) is 12.3 Å². The summed E-state index contributed by atoms with van der Waals surface area (Å²) >= 11 is 11.2. The van der Waals surface area contributed by atoms with Crippen LogP contribution in [0.25, 0.3) is 0 Å². The Morgan fingerprint density at radius 1 is 1.10 bits per heavy atom. The van der Waals surface area contributed by atoms with E-state index < -0.39 is 15.8 Å². The van der Waals surface area contributed by atoms with Gasteiger partial charge in [0.2, 0.25) is 0 Å². The van der Waals surface area contributed by atoms with Gasteiger partial charge in [-0.15, -0.1) is 11.6 Å². The minimum atomic E-state index is -3.87. The smallest absolute Gasteiger partial charge is 0.261 e. The average molecular weight is 348 g/mol. The Kier molecular flexibility index (Phi) is 5.08. The van der Waals surface area contributed by atoms with Gasteiger partial charge in [-0.1, -0.05) is 29.8 Å². The molecule has 3 nitrogen and oxygen atoms in total. The molecule has 0 fully saturated rings. The standard InChI is InChI=1S/C14H12Cl2FNO2S/c15-9-8-10-4-6-11(7-5-10)21(19,20)18-13-3-1-2-12(16)14(13)17/h1-7,18H,8-9H2. The lowest BCUT2D eigenvalue weighted by Crippen LogP contribution is -2.14. The van der Waals surface area contributed by atoms with Gasteiger partial charge in [-0.2, -0.15) is 0 Å². The van der Waals surface area contributed by atoms with Crippen molar-refractivity contribution < 1.29 is 12.8 Å². The zero-order valence-electron chi connectivity index (χ0n) is 10.8. The van der Waals surface area contributed by atoms with Gasteiger partial charge >= 0.3 is 0 Å². The summed E-state index contributed by atoms with van der Waals surface area (Å²) in [6.45, 7) is 0. The first kappa shape index (κ1) is 16.1. The Balaban J connectivity index is 2.27. The summed E-state index contributed by atoms with van der Waals surface area (Å²) in [5.41, 5.74) is 0.741. The predicted molar refractivity (Wildman–Crippen MR) is 83.1 cm³/mol. The average Bonchev–Trinajstić information content (AvgIpc) is 2.45. The first-order chi connectivity index (χ1) is 9.94. The maximum Gasteiger partial charge on any atom is 0.261 e. The van der Waals surface area contributed by atoms with Gasteiger partial charge in [0.1, 0.15) is 0 Å². The molecule has 0 atom stereocenters. The van der Waals surface area contributed by atoms with Crippen molar-refractivity contribution in [1.82, 2.24) is 0 Å². The number of aryl methyl sites for hydroxylation is 1.